The normalized spacial score (nSPS) is 10.6. The van der Waals surface area contributed by atoms with Crippen LogP contribution in [-0.2, 0) is 16.5 Å². The number of aromatic amines is 1. The fourth-order valence-electron chi connectivity index (χ4n) is 1.03. The Labute approximate surface area is 82.9 Å². The van der Waals surface area contributed by atoms with E-state index in [0.29, 0.717) is 12.8 Å². The van der Waals surface area contributed by atoms with E-state index >= 15 is 0 Å². The maximum Gasteiger partial charge on any atom is 0.264 e. The van der Waals surface area contributed by atoms with Crippen LogP contribution in [0.2, 0.25) is 0 Å². The second kappa shape index (κ2) is 5.69. The van der Waals surface area contributed by atoms with Gasteiger partial charge in [-0.15, -0.1) is 0 Å². The van der Waals surface area contributed by atoms with Crippen LogP contribution in [0.3, 0.4) is 0 Å². The molecule has 0 aliphatic rings. The Morgan fingerprint density at radius 2 is 2.07 bits per heavy atom. The van der Waals surface area contributed by atoms with E-state index in [0.717, 1.165) is 5.69 Å². The Balaban J connectivity index is 0.00000169. The van der Waals surface area contributed by atoms with Gasteiger partial charge < -0.3 is 5.48 Å². The Hall–Kier alpha value is -0.980. The lowest BCUT2D eigenvalue weighted by atomic mass is 10.2. The lowest BCUT2D eigenvalue weighted by Gasteiger charge is -1.94. The monoisotopic (exact) mass is 219 g/mol. The summed E-state index contributed by atoms with van der Waals surface area (Å²) in [6, 6.07) is 5.61. The van der Waals surface area contributed by atoms with E-state index in [1.54, 1.807) is 6.20 Å². The summed E-state index contributed by atoms with van der Waals surface area (Å²) in [4.78, 5) is 2.98. The van der Waals surface area contributed by atoms with E-state index in [4.69, 9.17) is 4.55 Å². The maximum absolute atomic E-state index is 10.4. The number of nitrogens with one attached hydrogen (secondary N) is 1. The summed E-state index contributed by atoms with van der Waals surface area (Å²) in [7, 11) is -3.81. The van der Waals surface area contributed by atoms with E-state index in [1.165, 1.54) is 0 Å². The highest BCUT2D eigenvalue weighted by Crippen LogP contribution is 1.96. The minimum atomic E-state index is -3.81. The van der Waals surface area contributed by atoms with Gasteiger partial charge in [-0.2, -0.15) is 8.42 Å². The quantitative estimate of drug-likeness (QED) is 0.728. The van der Waals surface area contributed by atoms with E-state index in [2.05, 4.69) is 4.98 Å². The van der Waals surface area contributed by atoms with Gasteiger partial charge in [-0.25, -0.2) is 4.98 Å². The number of aromatic nitrogens is 1. The fourth-order valence-corrected chi connectivity index (χ4v) is 1.54. The molecule has 14 heavy (non-hydrogen) atoms. The molecule has 0 saturated carbocycles. The first-order valence-corrected chi connectivity index (χ1v) is 5.59. The van der Waals surface area contributed by atoms with E-state index in [1.807, 2.05) is 18.2 Å². The smallest absolute Gasteiger partial charge is 0.264 e. The van der Waals surface area contributed by atoms with Gasteiger partial charge >= 0.3 is 0 Å². The average Bonchev–Trinajstić information content (AvgIpc) is 2.04. The number of aryl methyl sites for hydroxylation is 1. The summed E-state index contributed by atoms with van der Waals surface area (Å²) in [5, 5.41) is 0. The molecule has 3 N–H and O–H groups in total. The van der Waals surface area contributed by atoms with Crippen LogP contribution < -0.4 is 4.98 Å². The number of H-pyrrole nitrogens is 1. The van der Waals surface area contributed by atoms with Crippen molar-refractivity contribution < 1.29 is 23.4 Å². The van der Waals surface area contributed by atoms with Crippen LogP contribution in [0, 0.1) is 0 Å². The van der Waals surface area contributed by atoms with Crippen LogP contribution in [0.4, 0.5) is 0 Å². The molecule has 0 radical (unpaired) electrons. The molecule has 80 valence electrons. The Kier molecular flexibility index (Phi) is 5.29. The topological polar surface area (TPSA) is 98.5 Å². The van der Waals surface area contributed by atoms with Gasteiger partial charge in [0.25, 0.3) is 10.1 Å². The molecule has 1 rings (SSSR count). The Bertz CT molecular complexity index is 349. The van der Waals surface area contributed by atoms with Gasteiger partial charge in [0.2, 0.25) is 0 Å². The summed E-state index contributed by atoms with van der Waals surface area (Å²) >= 11 is 0. The summed E-state index contributed by atoms with van der Waals surface area (Å²) < 4.78 is 29.2. The number of hydrogen-bond donors (Lipinski definition) is 1. The molecule has 1 heterocycles. The highest BCUT2D eigenvalue weighted by molar-refractivity contribution is 7.85. The molecule has 0 bridgehead atoms. The molecule has 0 unspecified atom stereocenters. The lowest BCUT2D eigenvalue weighted by molar-refractivity contribution is -0.390. The molecule has 0 fully saturated rings. The van der Waals surface area contributed by atoms with Gasteiger partial charge in [0.15, 0.2) is 11.9 Å². The second-order valence-electron chi connectivity index (χ2n) is 2.78. The van der Waals surface area contributed by atoms with Crippen LogP contribution in [-0.4, -0.2) is 24.2 Å². The molecular weight excluding hydrogens is 206 g/mol. The fraction of sp³-hybridized carbons (Fsp3) is 0.375. The number of hydrogen-bond acceptors (Lipinski definition) is 3. The molecule has 0 atom stereocenters. The molecule has 0 saturated heterocycles. The molecular formula is C8H13NO4S. The standard InChI is InChI=1S/C8H11NO3S.H2O/c10-13(11,12)7-3-5-8-4-1-2-6-9-8;/h1-2,4,6H,3,5,7H2,(H,10,11,12);1H2. The van der Waals surface area contributed by atoms with Gasteiger partial charge in [0.05, 0.1) is 5.75 Å². The molecule has 0 amide bonds. The van der Waals surface area contributed by atoms with E-state index in [-0.39, 0.29) is 11.2 Å². The molecule has 0 aliphatic carbocycles. The lowest BCUT2D eigenvalue weighted by Crippen LogP contribution is -2.11. The third-order valence-electron chi connectivity index (χ3n) is 1.62. The van der Waals surface area contributed by atoms with E-state index < -0.39 is 10.1 Å². The van der Waals surface area contributed by atoms with Crippen molar-refractivity contribution in [1.82, 2.24) is 0 Å². The molecule has 1 aromatic rings. The molecule has 0 aromatic carbocycles. The zero-order valence-electron chi connectivity index (χ0n) is 7.55. The summed E-state index contributed by atoms with van der Waals surface area (Å²) in [5.41, 5.74) is 0.964. The molecule has 1 aromatic heterocycles. The van der Waals surface area contributed by atoms with Crippen LogP contribution in [0.1, 0.15) is 12.1 Å². The Morgan fingerprint density at radius 3 is 2.57 bits per heavy atom. The second-order valence-corrected chi connectivity index (χ2v) is 4.35. The minimum Gasteiger partial charge on any atom is -0.870 e. The highest BCUT2D eigenvalue weighted by atomic mass is 32.2. The number of pyridine rings is 1. The maximum atomic E-state index is 10.4. The third kappa shape index (κ3) is 5.63. The van der Waals surface area contributed by atoms with Crippen molar-refractivity contribution >= 4 is 10.1 Å². The van der Waals surface area contributed by atoms with Crippen LogP contribution in [0.25, 0.3) is 0 Å². The SMILES string of the molecule is O=S(=O)(O)CCCc1cccc[nH+]1.[OH-]. The first-order chi connectivity index (χ1) is 6.08. The van der Waals surface area contributed by atoms with Crippen molar-refractivity contribution in [3.05, 3.63) is 30.1 Å². The molecule has 0 spiro atoms. The number of rotatable bonds is 4. The largest absolute Gasteiger partial charge is 0.870 e. The Morgan fingerprint density at radius 1 is 1.36 bits per heavy atom. The van der Waals surface area contributed by atoms with Gasteiger partial charge in [0.1, 0.15) is 0 Å². The van der Waals surface area contributed by atoms with Gasteiger partial charge in [-0.05, 0) is 6.42 Å². The highest BCUT2D eigenvalue weighted by Gasteiger charge is 2.06. The van der Waals surface area contributed by atoms with Crippen molar-refractivity contribution in [2.24, 2.45) is 0 Å². The van der Waals surface area contributed by atoms with Crippen molar-refractivity contribution in [2.45, 2.75) is 12.8 Å². The zero-order chi connectivity index (χ0) is 9.73. The summed E-state index contributed by atoms with van der Waals surface area (Å²) in [6.45, 7) is 0. The van der Waals surface area contributed by atoms with Crippen LogP contribution in [0.5, 0.6) is 0 Å². The first kappa shape index (κ1) is 13.0. The van der Waals surface area contributed by atoms with Gasteiger partial charge in [-0.1, -0.05) is 6.07 Å². The van der Waals surface area contributed by atoms with Crippen molar-refractivity contribution in [2.75, 3.05) is 5.75 Å². The first-order valence-electron chi connectivity index (χ1n) is 3.99. The minimum absolute atomic E-state index is 0. The van der Waals surface area contributed by atoms with Crippen molar-refractivity contribution in [3.63, 3.8) is 0 Å². The predicted molar refractivity (Wildman–Crippen MR) is 49.7 cm³/mol. The molecule has 6 heteroatoms. The van der Waals surface area contributed by atoms with Crippen molar-refractivity contribution in [1.29, 1.82) is 0 Å². The summed E-state index contributed by atoms with van der Waals surface area (Å²) in [6.07, 6.45) is 2.84. The van der Waals surface area contributed by atoms with E-state index in [9.17, 15) is 8.42 Å². The average molecular weight is 219 g/mol. The molecule has 5 nitrogen and oxygen atoms in total. The third-order valence-corrected chi connectivity index (χ3v) is 2.43. The van der Waals surface area contributed by atoms with Crippen LogP contribution in [0.15, 0.2) is 24.4 Å². The van der Waals surface area contributed by atoms with Gasteiger partial charge in [-0.3, -0.25) is 4.55 Å². The van der Waals surface area contributed by atoms with Crippen LogP contribution >= 0.6 is 0 Å². The summed E-state index contributed by atoms with van der Waals surface area (Å²) in [5.74, 6) is -0.185. The zero-order valence-corrected chi connectivity index (χ0v) is 8.37. The predicted octanol–water partition coefficient (Wildman–Crippen LogP) is 0.144. The van der Waals surface area contributed by atoms with Crippen molar-refractivity contribution in [3.8, 4) is 0 Å². The molecule has 0 aliphatic heterocycles. The van der Waals surface area contributed by atoms with Gasteiger partial charge in [0, 0.05) is 18.6 Å².